The molecule has 112 valence electrons. The zero-order chi connectivity index (χ0) is 15.3. The van der Waals surface area contributed by atoms with Crippen LogP contribution < -0.4 is 10.0 Å². The van der Waals surface area contributed by atoms with Gasteiger partial charge >= 0.3 is 0 Å². The number of hydrogen-bond donors (Lipinski definition) is 2. The molecule has 0 spiro atoms. The predicted octanol–water partition coefficient (Wildman–Crippen LogP) is 2.55. The van der Waals surface area contributed by atoms with Gasteiger partial charge in [-0.2, -0.15) is 0 Å². The highest BCUT2D eigenvalue weighted by molar-refractivity contribution is 7.89. The Morgan fingerprint density at radius 3 is 2.52 bits per heavy atom. The van der Waals surface area contributed by atoms with Crippen LogP contribution in [-0.4, -0.2) is 19.9 Å². The smallest absolute Gasteiger partial charge is 0.260 e. The second-order valence-electron chi connectivity index (χ2n) is 4.64. The van der Waals surface area contributed by atoms with Gasteiger partial charge < -0.3 is 5.32 Å². The first-order valence-electron chi connectivity index (χ1n) is 6.80. The second kappa shape index (κ2) is 6.69. The minimum Gasteiger partial charge on any atom is -0.383 e. The van der Waals surface area contributed by atoms with E-state index in [0.717, 1.165) is 5.56 Å². The molecule has 6 heteroatoms. The predicted molar refractivity (Wildman–Crippen MR) is 83.6 cm³/mol. The second-order valence-corrected chi connectivity index (χ2v) is 6.27. The number of aromatic nitrogens is 1. The summed E-state index contributed by atoms with van der Waals surface area (Å²) in [4.78, 5) is 4.00. The molecule has 2 aromatic rings. The van der Waals surface area contributed by atoms with E-state index in [1.807, 2.05) is 44.2 Å². The average molecular weight is 305 g/mol. The summed E-state index contributed by atoms with van der Waals surface area (Å²) in [6.07, 6.45) is 1.47. The number of pyridine rings is 1. The summed E-state index contributed by atoms with van der Waals surface area (Å²) in [5.74, 6) is 0. The summed E-state index contributed by atoms with van der Waals surface area (Å²) >= 11 is 0. The van der Waals surface area contributed by atoms with Crippen LogP contribution in [-0.2, 0) is 10.0 Å². The number of anilines is 1. The van der Waals surface area contributed by atoms with Crippen molar-refractivity contribution in [1.29, 1.82) is 0 Å². The van der Waals surface area contributed by atoms with Crippen molar-refractivity contribution in [2.24, 2.45) is 0 Å². The molecule has 0 amide bonds. The Labute approximate surface area is 125 Å². The molecule has 2 rings (SSSR count). The Kier molecular flexibility index (Phi) is 4.93. The molecule has 2 N–H and O–H groups in total. The third-order valence-electron chi connectivity index (χ3n) is 3.02. The third kappa shape index (κ3) is 3.80. The zero-order valence-corrected chi connectivity index (χ0v) is 12.9. The van der Waals surface area contributed by atoms with Crippen LogP contribution in [0.15, 0.2) is 53.7 Å². The van der Waals surface area contributed by atoms with Gasteiger partial charge in [-0.3, -0.25) is 0 Å². The Hall–Kier alpha value is -1.92. The van der Waals surface area contributed by atoms with Crippen LogP contribution in [0.5, 0.6) is 0 Å². The van der Waals surface area contributed by atoms with Crippen LogP contribution in [0.3, 0.4) is 0 Å². The van der Waals surface area contributed by atoms with Gasteiger partial charge in [0.25, 0.3) is 10.0 Å². The summed E-state index contributed by atoms with van der Waals surface area (Å²) in [6.45, 7) is 4.34. The van der Waals surface area contributed by atoms with E-state index in [9.17, 15) is 8.42 Å². The van der Waals surface area contributed by atoms with Crippen LogP contribution in [0.2, 0.25) is 0 Å². The molecule has 1 unspecified atom stereocenters. The highest BCUT2D eigenvalue weighted by Crippen LogP contribution is 2.21. The van der Waals surface area contributed by atoms with Crippen molar-refractivity contribution in [3.63, 3.8) is 0 Å². The molecule has 0 saturated heterocycles. The van der Waals surface area contributed by atoms with Crippen molar-refractivity contribution in [3.05, 3.63) is 54.2 Å². The molecular formula is C15H19N3O2S. The Bertz CT molecular complexity index is 687. The van der Waals surface area contributed by atoms with Gasteiger partial charge in [0, 0.05) is 18.8 Å². The Balaban J connectivity index is 2.27. The lowest BCUT2D eigenvalue weighted by molar-refractivity contribution is 0.563. The summed E-state index contributed by atoms with van der Waals surface area (Å²) in [5.41, 5.74) is 1.41. The molecule has 1 heterocycles. The van der Waals surface area contributed by atoms with Crippen molar-refractivity contribution in [2.45, 2.75) is 24.9 Å². The van der Waals surface area contributed by atoms with Gasteiger partial charge in [0.15, 0.2) is 5.03 Å². The van der Waals surface area contributed by atoms with Gasteiger partial charge in [0.1, 0.15) is 0 Å². The number of rotatable bonds is 6. The van der Waals surface area contributed by atoms with Gasteiger partial charge in [-0.25, -0.2) is 18.1 Å². The molecule has 0 bridgehead atoms. The standard InChI is InChI=1S/C15H19N3O2S/c1-3-16-14-10-7-11-17-15(14)21(19,20)18-12(2)13-8-5-4-6-9-13/h4-12,16,18H,3H2,1-2H3. The summed E-state index contributed by atoms with van der Waals surface area (Å²) in [6, 6.07) is 12.5. The lowest BCUT2D eigenvalue weighted by Crippen LogP contribution is -2.28. The summed E-state index contributed by atoms with van der Waals surface area (Å²) in [7, 11) is -3.68. The van der Waals surface area contributed by atoms with Crippen molar-refractivity contribution in [3.8, 4) is 0 Å². The SMILES string of the molecule is CCNc1cccnc1S(=O)(=O)NC(C)c1ccccc1. The molecule has 0 saturated carbocycles. The molecule has 0 fully saturated rings. The molecular weight excluding hydrogens is 286 g/mol. The van der Waals surface area contributed by atoms with E-state index < -0.39 is 10.0 Å². The van der Waals surface area contributed by atoms with Crippen LogP contribution in [0, 0.1) is 0 Å². The van der Waals surface area contributed by atoms with E-state index in [1.54, 1.807) is 12.1 Å². The fraction of sp³-hybridized carbons (Fsp3) is 0.267. The van der Waals surface area contributed by atoms with Crippen LogP contribution in [0.25, 0.3) is 0 Å². The first-order chi connectivity index (χ1) is 10.0. The van der Waals surface area contributed by atoms with Crippen molar-refractivity contribution >= 4 is 15.7 Å². The van der Waals surface area contributed by atoms with Crippen LogP contribution >= 0.6 is 0 Å². The fourth-order valence-electron chi connectivity index (χ4n) is 2.03. The number of hydrogen-bond acceptors (Lipinski definition) is 4. The maximum Gasteiger partial charge on any atom is 0.260 e. The van der Waals surface area contributed by atoms with Gasteiger partial charge in [-0.05, 0) is 31.5 Å². The Morgan fingerprint density at radius 2 is 1.86 bits per heavy atom. The summed E-state index contributed by atoms with van der Waals surface area (Å²) < 4.78 is 27.7. The number of benzene rings is 1. The first-order valence-corrected chi connectivity index (χ1v) is 8.29. The quantitative estimate of drug-likeness (QED) is 0.860. The minimum absolute atomic E-state index is 0.0228. The number of nitrogens with zero attached hydrogens (tertiary/aromatic N) is 1. The third-order valence-corrected chi connectivity index (χ3v) is 4.52. The minimum atomic E-state index is -3.68. The van der Waals surface area contributed by atoms with E-state index in [-0.39, 0.29) is 11.1 Å². The van der Waals surface area contributed by atoms with Gasteiger partial charge in [-0.15, -0.1) is 0 Å². The molecule has 0 aliphatic rings. The maximum atomic E-state index is 12.5. The molecule has 1 aromatic carbocycles. The fourth-order valence-corrected chi connectivity index (χ4v) is 3.37. The van der Waals surface area contributed by atoms with E-state index in [2.05, 4.69) is 15.0 Å². The van der Waals surface area contributed by atoms with E-state index >= 15 is 0 Å². The topological polar surface area (TPSA) is 71.1 Å². The maximum absolute atomic E-state index is 12.5. The number of nitrogens with one attached hydrogen (secondary N) is 2. The van der Waals surface area contributed by atoms with Crippen molar-refractivity contribution in [2.75, 3.05) is 11.9 Å². The number of sulfonamides is 1. The molecule has 0 radical (unpaired) electrons. The Morgan fingerprint density at radius 1 is 1.14 bits per heavy atom. The lowest BCUT2D eigenvalue weighted by atomic mass is 10.1. The largest absolute Gasteiger partial charge is 0.383 e. The van der Waals surface area contributed by atoms with Crippen molar-refractivity contribution < 1.29 is 8.42 Å². The molecule has 1 atom stereocenters. The van der Waals surface area contributed by atoms with Gasteiger partial charge in [-0.1, -0.05) is 30.3 Å². The van der Waals surface area contributed by atoms with E-state index in [1.165, 1.54) is 6.20 Å². The first kappa shape index (κ1) is 15.5. The summed E-state index contributed by atoms with van der Waals surface area (Å²) in [5, 5.41) is 3.04. The lowest BCUT2D eigenvalue weighted by Gasteiger charge is -2.16. The normalized spacial score (nSPS) is 12.9. The molecule has 5 nitrogen and oxygen atoms in total. The highest BCUT2D eigenvalue weighted by atomic mass is 32.2. The van der Waals surface area contributed by atoms with E-state index in [4.69, 9.17) is 0 Å². The van der Waals surface area contributed by atoms with E-state index in [0.29, 0.717) is 12.2 Å². The van der Waals surface area contributed by atoms with Crippen LogP contribution in [0.1, 0.15) is 25.5 Å². The molecule has 1 aromatic heterocycles. The highest BCUT2D eigenvalue weighted by Gasteiger charge is 2.22. The average Bonchev–Trinajstić information content (AvgIpc) is 2.48. The van der Waals surface area contributed by atoms with Gasteiger partial charge in [0.05, 0.1) is 5.69 Å². The van der Waals surface area contributed by atoms with Crippen LogP contribution in [0.4, 0.5) is 5.69 Å². The van der Waals surface area contributed by atoms with Crippen molar-refractivity contribution in [1.82, 2.24) is 9.71 Å². The molecule has 0 aliphatic heterocycles. The monoisotopic (exact) mass is 305 g/mol. The molecule has 0 aliphatic carbocycles. The molecule has 21 heavy (non-hydrogen) atoms. The zero-order valence-electron chi connectivity index (χ0n) is 12.1. The van der Waals surface area contributed by atoms with Gasteiger partial charge in [0.2, 0.25) is 0 Å².